The van der Waals surface area contributed by atoms with E-state index in [1.807, 2.05) is 13.8 Å². The fourth-order valence-electron chi connectivity index (χ4n) is 3.53. The molecule has 1 aliphatic carbocycles. The van der Waals surface area contributed by atoms with Crippen LogP contribution in [0.1, 0.15) is 41.1 Å². The number of thioether (sulfide) groups is 1. The van der Waals surface area contributed by atoms with Gasteiger partial charge in [0.15, 0.2) is 5.16 Å². The van der Waals surface area contributed by atoms with Crippen molar-refractivity contribution in [2.75, 3.05) is 0 Å². The van der Waals surface area contributed by atoms with E-state index in [9.17, 15) is 4.79 Å². The van der Waals surface area contributed by atoms with E-state index in [2.05, 4.69) is 18.5 Å². The number of hydrogen-bond donors (Lipinski definition) is 0. The molecule has 142 valence electrons. The third-order valence-electron chi connectivity index (χ3n) is 5.09. The first kappa shape index (κ1) is 18.5. The van der Waals surface area contributed by atoms with Gasteiger partial charge < -0.3 is 4.42 Å². The molecule has 4 rings (SSSR count). The van der Waals surface area contributed by atoms with Gasteiger partial charge in [-0.05, 0) is 44.6 Å². The number of aryl methyl sites for hydroxylation is 3. The molecule has 5 nitrogen and oxygen atoms in total. The van der Waals surface area contributed by atoms with Crippen molar-refractivity contribution < 1.29 is 4.42 Å². The van der Waals surface area contributed by atoms with Crippen LogP contribution < -0.4 is 5.56 Å². The summed E-state index contributed by atoms with van der Waals surface area (Å²) in [6.07, 6.45) is 4.91. The molecule has 0 saturated carbocycles. The third-order valence-corrected chi connectivity index (χ3v) is 7.20. The van der Waals surface area contributed by atoms with Gasteiger partial charge in [0.2, 0.25) is 5.89 Å². The van der Waals surface area contributed by atoms with Crippen molar-refractivity contribution in [3.63, 3.8) is 0 Å². The first-order valence-electron chi connectivity index (χ1n) is 9.19. The maximum Gasteiger partial charge on any atom is 0.263 e. The zero-order valence-corrected chi connectivity index (χ0v) is 17.5. The Hall–Kier alpha value is -1.86. The standard InChI is InChI=1S/C20H23N3O2S2/c1-5-8-23-19(24)17-14-7-6-11(2)9-15(14)27-18(17)22-20(23)26-10-16-21-12(3)13(4)25-16/h5,11H,1,6-10H2,2-4H3. The van der Waals surface area contributed by atoms with Crippen LogP contribution in [0.15, 0.2) is 27.0 Å². The number of rotatable bonds is 5. The second-order valence-corrected chi connectivity index (χ2v) is 9.19. The Balaban J connectivity index is 1.76. The number of fused-ring (bicyclic) bond motifs is 3. The summed E-state index contributed by atoms with van der Waals surface area (Å²) in [5.41, 5.74) is 2.17. The Bertz CT molecular complexity index is 1060. The van der Waals surface area contributed by atoms with Gasteiger partial charge in [-0.3, -0.25) is 9.36 Å². The van der Waals surface area contributed by atoms with Crippen LogP contribution in [0, 0.1) is 19.8 Å². The highest BCUT2D eigenvalue weighted by Gasteiger charge is 2.24. The predicted octanol–water partition coefficient (Wildman–Crippen LogP) is 4.67. The van der Waals surface area contributed by atoms with E-state index in [4.69, 9.17) is 9.40 Å². The van der Waals surface area contributed by atoms with Crippen molar-refractivity contribution in [1.29, 1.82) is 0 Å². The second-order valence-electron chi connectivity index (χ2n) is 7.17. The number of oxazole rings is 1. The number of aromatic nitrogens is 3. The van der Waals surface area contributed by atoms with Gasteiger partial charge in [-0.2, -0.15) is 0 Å². The summed E-state index contributed by atoms with van der Waals surface area (Å²) in [6, 6.07) is 0. The zero-order chi connectivity index (χ0) is 19.1. The minimum Gasteiger partial charge on any atom is -0.445 e. The minimum absolute atomic E-state index is 0.0502. The molecule has 0 aliphatic heterocycles. The van der Waals surface area contributed by atoms with Crippen LogP contribution in [-0.4, -0.2) is 14.5 Å². The van der Waals surface area contributed by atoms with E-state index >= 15 is 0 Å². The molecule has 0 bridgehead atoms. The topological polar surface area (TPSA) is 60.9 Å². The average molecular weight is 402 g/mol. The van der Waals surface area contributed by atoms with Crippen molar-refractivity contribution in [1.82, 2.24) is 14.5 Å². The highest BCUT2D eigenvalue weighted by molar-refractivity contribution is 7.98. The molecular weight excluding hydrogens is 378 g/mol. The largest absolute Gasteiger partial charge is 0.445 e. The van der Waals surface area contributed by atoms with Crippen LogP contribution in [0.4, 0.5) is 0 Å². The molecule has 0 saturated heterocycles. The Labute approximate surface area is 166 Å². The second kappa shape index (κ2) is 7.28. The van der Waals surface area contributed by atoms with Gasteiger partial charge in [-0.1, -0.05) is 24.8 Å². The minimum atomic E-state index is 0.0502. The maximum atomic E-state index is 13.3. The molecule has 0 amide bonds. The van der Waals surface area contributed by atoms with Gasteiger partial charge in [0, 0.05) is 11.4 Å². The van der Waals surface area contributed by atoms with Crippen molar-refractivity contribution >= 4 is 33.3 Å². The lowest BCUT2D eigenvalue weighted by Crippen LogP contribution is -2.23. The van der Waals surface area contributed by atoms with Gasteiger partial charge in [0.05, 0.1) is 16.8 Å². The number of allylic oxidation sites excluding steroid dienone is 1. The van der Waals surface area contributed by atoms with E-state index in [1.54, 1.807) is 22.0 Å². The average Bonchev–Trinajstić information content (AvgIpc) is 3.15. The predicted molar refractivity (Wildman–Crippen MR) is 111 cm³/mol. The fraction of sp³-hybridized carbons (Fsp3) is 0.450. The highest BCUT2D eigenvalue weighted by atomic mass is 32.2. The van der Waals surface area contributed by atoms with E-state index in [1.165, 1.54) is 22.2 Å². The first-order chi connectivity index (χ1) is 13.0. The van der Waals surface area contributed by atoms with Crippen LogP contribution in [0.3, 0.4) is 0 Å². The molecule has 0 aromatic carbocycles. The van der Waals surface area contributed by atoms with Crippen LogP contribution in [0.25, 0.3) is 10.2 Å². The molecule has 3 heterocycles. The third kappa shape index (κ3) is 3.38. The zero-order valence-electron chi connectivity index (χ0n) is 15.9. The first-order valence-corrected chi connectivity index (χ1v) is 11.0. The Morgan fingerprint density at radius 3 is 2.93 bits per heavy atom. The molecule has 0 spiro atoms. The summed E-state index contributed by atoms with van der Waals surface area (Å²) in [5, 5.41) is 1.52. The lowest BCUT2D eigenvalue weighted by atomic mass is 9.89. The van der Waals surface area contributed by atoms with Gasteiger partial charge >= 0.3 is 0 Å². The maximum absolute atomic E-state index is 13.3. The van der Waals surface area contributed by atoms with E-state index < -0.39 is 0 Å². The van der Waals surface area contributed by atoms with Gasteiger partial charge in [-0.25, -0.2) is 9.97 Å². The van der Waals surface area contributed by atoms with Gasteiger partial charge in [-0.15, -0.1) is 17.9 Å². The molecule has 1 unspecified atom stereocenters. The van der Waals surface area contributed by atoms with Crippen LogP contribution in [0.2, 0.25) is 0 Å². The van der Waals surface area contributed by atoms with Crippen LogP contribution in [-0.2, 0) is 25.1 Å². The summed E-state index contributed by atoms with van der Waals surface area (Å²) in [5.74, 6) is 2.71. The molecule has 0 N–H and O–H groups in total. The van der Waals surface area contributed by atoms with E-state index in [0.717, 1.165) is 40.9 Å². The molecule has 0 fully saturated rings. The SMILES string of the molecule is C=CCn1c(SCc2nc(C)c(C)o2)nc2sc3c(c2c1=O)CCC(C)C3. The number of nitrogens with zero attached hydrogens (tertiary/aromatic N) is 3. The quantitative estimate of drug-likeness (QED) is 0.353. The molecule has 3 aromatic rings. The Morgan fingerprint density at radius 2 is 2.22 bits per heavy atom. The molecule has 1 atom stereocenters. The summed E-state index contributed by atoms with van der Waals surface area (Å²) in [4.78, 5) is 24.7. The molecule has 27 heavy (non-hydrogen) atoms. The van der Waals surface area contributed by atoms with Gasteiger partial charge in [0.1, 0.15) is 10.6 Å². The highest BCUT2D eigenvalue weighted by Crippen LogP contribution is 2.36. The van der Waals surface area contributed by atoms with Crippen molar-refractivity contribution in [2.24, 2.45) is 5.92 Å². The molecular formula is C20H23N3O2S2. The molecule has 7 heteroatoms. The molecule has 3 aromatic heterocycles. The lowest BCUT2D eigenvalue weighted by Gasteiger charge is -2.17. The Kier molecular flexibility index (Phi) is 4.99. The van der Waals surface area contributed by atoms with E-state index in [0.29, 0.717) is 29.3 Å². The molecule has 1 aliphatic rings. The summed E-state index contributed by atoms with van der Waals surface area (Å²) >= 11 is 3.18. The van der Waals surface area contributed by atoms with Gasteiger partial charge in [0.25, 0.3) is 5.56 Å². The normalized spacial score (nSPS) is 16.6. The summed E-state index contributed by atoms with van der Waals surface area (Å²) in [7, 11) is 0. The monoisotopic (exact) mass is 401 g/mol. The Morgan fingerprint density at radius 1 is 1.41 bits per heavy atom. The fourth-order valence-corrected chi connectivity index (χ4v) is 5.81. The summed E-state index contributed by atoms with van der Waals surface area (Å²) in [6.45, 7) is 10.4. The van der Waals surface area contributed by atoms with Crippen LogP contribution in [0.5, 0.6) is 0 Å². The van der Waals surface area contributed by atoms with Crippen LogP contribution >= 0.6 is 23.1 Å². The number of hydrogen-bond acceptors (Lipinski definition) is 6. The smallest absolute Gasteiger partial charge is 0.263 e. The van der Waals surface area contributed by atoms with E-state index in [-0.39, 0.29) is 5.56 Å². The van der Waals surface area contributed by atoms with Crippen molar-refractivity contribution in [2.45, 2.75) is 57.5 Å². The van der Waals surface area contributed by atoms with Crippen molar-refractivity contribution in [3.05, 3.63) is 50.8 Å². The summed E-state index contributed by atoms with van der Waals surface area (Å²) < 4.78 is 7.40. The molecule has 0 radical (unpaired) electrons. The lowest BCUT2D eigenvalue weighted by molar-refractivity contribution is 0.489. The number of thiophene rings is 1. The van der Waals surface area contributed by atoms with Crippen molar-refractivity contribution in [3.8, 4) is 0 Å².